The molecule has 1 amide bonds. The van der Waals surface area contributed by atoms with E-state index in [0.717, 1.165) is 79.1 Å². The first-order valence-electron chi connectivity index (χ1n) is 18.7. The van der Waals surface area contributed by atoms with E-state index in [1.807, 2.05) is 55.6 Å². The Bertz CT molecular complexity index is 1950. The lowest BCUT2D eigenvalue weighted by Gasteiger charge is -2.42. The third-order valence-corrected chi connectivity index (χ3v) is 11.3. The summed E-state index contributed by atoms with van der Waals surface area (Å²) in [6.07, 6.45) is 8.38. The highest BCUT2D eigenvalue weighted by Gasteiger charge is 2.45. The number of carbonyl (C=O) groups is 1. The van der Waals surface area contributed by atoms with Crippen LogP contribution in [0.4, 0.5) is 15.0 Å². The number of aromatic nitrogens is 4. The summed E-state index contributed by atoms with van der Waals surface area (Å²) < 4.78 is 37.4. The standard InChI is InChI=1S/C39H50FN7O4/c1-23-18-31-30(19-41-47(31)32-11-7-8-17-49-32)33(24(23)2)28-14-15-29-35(34(28)40)42-37(50-22-27-10-9-16-44(27)6)43-36(29)45-20-25-12-13-26(21-45)46(25)38(48)51-39(3,4)5/h14-15,18-19,25-27,32H,7-13,16-17,20-22H2,1-6H3/t25-,26+,27-,32?/m0/s1. The second-order valence-corrected chi connectivity index (χ2v) is 16.0. The van der Waals surface area contributed by atoms with Gasteiger partial charge in [-0.3, -0.25) is 4.90 Å². The number of carbonyl (C=O) groups excluding carboxylic acids is 1. The topological polar surface area (TPSA) is 98.1 Å². The lowest BCUT2D eigenvalue weighted by molar-refractivity contribution is -0.0366. The normalized spacial score (nSPS) is 24.2. The van der Waals surface area contributed by atoms with Crippen molar-refractivity contribution >= 4 is 33.7 Å². The van der Waals surface area contributed by atoms with Gasteiger partial charge in [-0.1, -0.05) is 6.07 Å². The lowest BCUT2D eigenvalue weighted by atomic mass is 9.92. The molecule has 0 spiro atoms. The molecule has 4 fully saturated rings. The molecule has 8 rings (SSSR count). The molecule has 6 heterocycles. The van der Waals surface area contributed by atoms with Crippen molar-refractivity contribution in [2.45, 2.75) is 110 Å². The highest BCUT2D eigenvalue weighted by Crippen LogP contribution is 2.42. The molecule has 4 aromatic rings. The van der Waals surface area contributed by atoms with Crippen LogP contribution in [-0.4, -0.2) is 99.3 Å². The van der Waals surface area contributed by atoms with Crippen LogP contribution in [0.15, 0.2) is 24.4 Å². The SMILES string of the molecule is Cc1cc2c(cnn2C2CCCCO2)c(-c2ccc3c(N4C[C@H]5CC[C@@H](C4)N5C(=O)OC(C)(C)C)nc(OC[C@@H]4CCCN4C)nc3c2F)c1C. The van der Waals surface area contributed by atoms with Gasteiger partial charge in [0.1, 0.15) is 23.5 Å². The average Bonchev–Trinajstić information content (AvgIpc) is 3.79. The van der Waals surface area contributed by atoms with Gasteiger partial charge in [0.15, 0.2) is 12.0 Å². The number of benzene rings is 2. The molecule has 0 saturated carbocycles. The van der Waals surface area contributed by atoms with Gasteiger partial charge in [0.2, 0.25) is 0 Å². The first-order valence-corrected chi connectivity index (χ1v) is 18.7. The quantitative estimate of drug-likeness (QED) is 0.208. The summed E-state index contributed by atoms with van der Waals surface area (Å²) in [6, 6.07) is 6.31. The van der Waals surface area contributed by atoms with Crippen LogP contribution in [-0.2, 0) is 9.47 Å². The zero-order valence-electron chi connectivity index (χ0n) is 30.7. The molecule has 12 heteroatoms. The fourth-order valence-corrected chi connectivity index (χ4v) is 8.59. The number of fused-ring (bicyclic) bond motifs is 4. The van der Waals surface area contributed by atoms with Crippen molar-refractivity contribution in [3.05, 3.63) is 41.3 Å². The Kier molecular flexibility index (Phi) is 8.81. The first-order chi connectivity index (χ1) is 24.5. The first kappa shape index (κ1) is 34.1. The zero-order chi connectivity index (χ0) is 35.6. The van der Waals surface area contributed by atoms with Gasteiger partial charge >= 0.3 is 12.1 Å². The minimum atomic E-state index is -0.574. The fourth-order valence-electron chi connectivity index (χ4n) is 8.59. The molecular formula is C39H50FN7O4. The number of hydrogen-bond donors (Lipinski definition) is 0. The highest BCUT2D eigenvalue weighted by molar-refractivity contribution is 6.01. The maximum Gasteiger partial charge on any atom is 0.410 e. The van der Waals surface area contributed by atoms with Crippen molar-refractivity contribution in [1.29, 1.82) is 0 Å². The summed E-state index contributed by atoms with van der Waals surface area (Å²) >= 11 is 0. The second-order valence-electron chi connectivity index (χ2n) is 16.0. The number of likely N-dealkylation sites (N-methyl/N-ethyl adjacent to an activating group) is 1. The van der Waals surface area contributed by atoms with Gasteiger partial charge in [-0.2, -0.15) is 15.1 Å². The summed E-state index contributed by atoms with van der Waals surface area (Å²) in [5.74, 6) is 0.223. The second kappa shape index (κ2) is 13.2. The van der Waals surface area contributed by atoms with Gasteiger partial charge in [0.05, 0.1) is 23.8 Å². The molecular weight excluding hydrogens is 649 g/mol. The molecule has 4 atom stereocenters. The largest absolute Gasteiger partial charge is 0.462 e. The third-order valence-electron chi connectivity index (χ3n) is 11.3. The van der Waals surface area contributed by atoms with Crippen molar-refractivity contribution in [1.82, 2.24) is 29.5 Å². The Hall–Kier alpha value is -4.03. The molecule has 4 aliphatic heterocycles. The van der Waals surface area contributed by atoms with Crippen molar-refractivity contribution in [3.63, 3.8) is 0 Å². The molecule has 51 heavy (non-hydrogen) atoms. The molecule has 2 aromatic carbocycles. The molecule has 0 N–H and O–H groups in total. The summed E-state index contributed by atoms with van der Waals surface area (Å²) in [5, 5.41) is 6.28. The van der Waals surface area contributed by atoms with E-state index in [2.05, 4.69) is 29.8 Å². The van der Waals surface area contributed by atoms with Gasteiger partial charge in [-0.15, -0.1) is 0 Å². The summed E-state index contributed by atoms with van der Waals surface area (Å²) in [6.45, 7) is 13.1. The summed E-state index contributed by atoms with van der Waals surface area (Å²) in [4.78, 5) is 29.4. The van der Waals surface area contributed by atoms with E-state index in [1.54, 1.807) is 0 Å². The van der Waals surface area contributed by atoms with Gasteiger partial charge in [0.25, 0.3) is 0 Å². The minimum Gasteiger partial charge on any atom is -0.462 e. The van der Waals surface area contributed by atoms with E-state index in [4.69, 9.17) is 29.3 Å². The Morgan fingerprint density at radius 3 is 2.49 bits per heavy atom. The van der Waals surface area contributed by atoms with Crippen LogP contribution in [0.2, 0.25) is 0 Å². The number of hydrogen-bond acceptors (Lipinski definition) is 9. The number of halogens is 1. The van der Waals surface area contributed by atoms with Crippen LogP contribution in [0.1, 0.15) is 83.1 Å². The van der Waals surface area contributed by atoms with Crippen molar-refractivity contribution in [2.24, 2.45) is 0 Å². The Morgan fingerprint density at radius 1 is 1.02 bits per heavy atom. The van der Waals surface area contributed by atoms with Crippen molar-refractivity contribution in [2.75, 3.05) is 44.8 Å². The van der Waals surface area contributed by atoms with Crippen molar-refractivity contribution < 1.29 is 23.4 Å². The van der Waals surface area contributed by atoms with Gasteiger partial charge < -0.3 is 24.0 Å². The zero-order valence-corrected chi connectivity index (χ0v) is 30.7. The number of piperazine rings is 1. The predicted molar refractivity (Wildman–Crippen MR) is 195 cm³/mol. The summed E-state index contributed by atoms with van der Waals surface area (Å²) in [7, 11) is 2.10. The Morgan fingerprint density at radius 2 is 1.80 bits per heavy atom. The number of nitrogens with zero attached hydrogens (tertiary/aromatic N) is 7. The molecule has 11 nitrogen and oxygen atoms in total. The van der Waals surface area contributed by atoms with Crippen LogP contribution in [0.25, 0.3) is 32.9 Å². The van der Waals surface area contributed by atoms with Crippen LogP contribution in [0.3, 0.4) is 0 Å². The number of aryl methyl sites for hydroxylation is 1. The molecule has 0 radical (unpaired) electrons. The monoisotopic (exact) mass is 699 g/mol. The van der Waals surface area contributed by atoms with E-state index in [-0.39, 0.29) is 42.0 Å². The molecule has 1 unspecified atom stereocenters. The number of rotatable bonds is 6. The van der Waals surface area contributed by atoms with Gasteiger partial charge in [-0.25, -0.2) is 13.9 Å². The molecule has 4 aliphatic rings. The number of amides is 1. The smallest absolute Gasteiger partial charge is 0.410 e. The van der Waals surface area contributed by atoms with E-state index >= 15 is 4.39 Å². The third kappa shape index (κ3) is 6.28. The number of likely N-dealkylation sites (tertiary alicyclic amines) is 1. The highest BCUT2D eigenvalue weighted by atomic mass is 19.1. The van der Waals surface area contributed by atoms with Gasteiger partial charge in [-0.05, 0) is 122 Å². The average molecular weight is 700 g/mol. The maximum absolute atomic E-state index is 17.3. The van der Waals surface area contributed by atoms with E-state index in [0.29, 0.717) is 43.1 Å². The Labute approximate surface area is 299 Å². The minimum absolute atomic E-state index is 0.0304. The molecule has 2 aromatic heterocycles. The number of ether oxygens (including phenoxy) is 3. The van der Waals surface area contributed by atoms with Crippen molar-refractivity contribution in [3.8, 4) is 17.1 Å². The van der Waals surface area contributed by atoms with Crippen LogP contribution >= 0.6 is 0 Å². The summed E-state index contributed by atoms with van der Waals surface area (Å²) in [5.41, 5.74) is 3.92. The molecule has 272 valence electrons. The van der Waals surface area contributed by atoms with E-state index in [1.165, 1.54) is 0 Å². The fraction of sp³-hybridized carbons (Fsp3) is 0.590. The maximum atomic E-state index is 17.3. The molecule has 4 saturated heterocycles. The number of anilines is 1. The van der Waals surface area contributed by atoms with E-state index in [9.17, 15) is 4.79 Å². The molecule has 0 aliphatic carbocycles. The van der Waals surface area contributed by atoms with Crippen LogP contribution < -0.4 is 9.64 Å². The van der Waals surface area contributed by atoms with E-state index < -0.39 is 11.4 Å². The van der Waals surface area contributed by atoms with Crippen LogP contribution in [0, 0.1) is 19.7 Å². The lowest BCUT2D eigenvalue weighted by Crippen LogP contribution is -2.57. The molecule has 2 bridgehead atoms. The van der Waals surface area contributed by atoms with Gasteiger partial charge in [0, 0.05) is 42.1 Å². The predicted octanol–water partition coefficient (Wildman–Crippen LogP) is 7.16. The van der Waals surface area contributed by atoms with Crippen LogP contribution in [0.5, 0.6) is 6.01 Å². The Balaban J connectivity index is 1.20.